The van der Waals surface area contributed by atoms with Crippen LogP contribution in [0.3, 0.4) is 0 Å². The molecule has 0 aliphatic rings. The minimum Gasteiger partial charge on any atom is -0.361 e. The molecule has 0 radical (unpaired) electrons. The Hall–Kier alpha value is -2.25. The van der Waals surface area contributed by atoms with Gasteiger partial charge in [-0.1, -0.05) is 22.0 Å². The maximum atomic E-state index is 13.2. The van der Waals surface area contributed by atoms with Crippen molar-refractivity contribution in [1.82, 2.24) is 25.1 Å². The van der Waals surface area contributed by atoms with Crippen molar-refractivity contribution in [3.8, 4) is 5.69 Å². The van der Waals surface area contributed by atoms with Crippen molar-refractivity contribution in [2.45, 2.75) is 20.0 Å². The van der Waals surface area contributed by atoms with Gasteiger partial charge in [0.05, 0.1) is 28.3 Å². The van der Waals surface area contributed by atoms with Crippen molar-refractivity contribution in [2.75, 3.05) is 7.05 Å². The molecule has 0 saturated heterocycles. The standard InChI is InChI=1S/C15H15ClFN5O/c1-10-5-11(19-23-10)7-21(2)8-12-9-22(20-18-12)13-3-4-15(17)14(16)6-13/h3-6,9H,7-8H2,1-2H3. The van der Waals surface area contributed by atoms with Crippen molar-refractivity contribution in [3.63, 3.8) is 0 Å². The first kappa shape index (κ1) is 15.6. The number of aromatic nitrogens is 4. The maximum absolute atomic E-state index is 13.2. The fourth-order valence-electron chi connectivity index (χ4n) is 2.23. The molecule has 6 nitrogen and oxygen atoms in total. The minimum atomic E-state index is -0.460. The van der Waals surface area contributed by atoms with Gasteiger partial charge in [-0.25, -0.2) is 9.07 Å². The molecule has 0 aliphatic heterocycles. The maximum Gasteiger partial charge on any atom is 0.141 e. The summed E-state index contributed by atoms with van der Waals surface area (Å²) >= 11 is 5.79. The van der Waals surface area contributed by atoms with Gasteiger partial charge in [0.1, 0.15) is 11.6 Å². The number of nitrogens with zero attached hydrogens (tertiary/aromatic N) is 5. The van der Waals surface area contributed by atoms with Crippen LogP contribution in [-0.4, -0.2) is 32.1 Å². The normalized spacial score (nSPS) is 11.3. The average Bonchev–Trinajstić information content (AvgIpc) is 3.11. The molecule has 0 bridgehead atoms. The smallest absolute Gasteiger partial charge is 0.141 e. The molecule has 0 spiro atoms. The van der Waals surface area contributed by atoms with Gasteiger partial charge < -0.3 is 4.52 Å². The van der Waals surface area contributed by atoms with E-state index in [1.165, 1.54) is 12.1 Å². The number of hydrogen-bond acceptors (Lipinski definition) is 5. The lowest BCUT2D eigenvalue weighted by Crippen LogP contribution is -2.17. The summed E-state index contributed by atoms with van der Waals surface area (Å²) in [5.74, 6) is 0.325. The molecule has 120 valence electrons. The fraction of sp³-hybridized carbons (Fsp3) is 0.267. The van der Waals surface area contributed by atoms with Gasteiger partial charge in [0, 0.05) is 19.2 Å². The Morgan fingerprint density at radius 1 is 1.26 bits per heavy atom. The van der Waals surface area contributed by atoms with Crippen molar-refractivity contribution < 1.29 is 8.91 Å². The topological polar surface area (TPSA) is 60.0 Å². The Kier molecular flexibility index (Phi) is 4.40. The van der Waals surface area contributed by atoms with Crippen molar-refractivity contribution in [1.29, 1.82) is 0 Å². The molecule has 2 heterocycles. The Balaban J connectivity index is 1.67. The monoisotopic (exact) mass is 335 g/mol. The first-order valence-corrected chi connectivity index (χ1v) is 7.36. The lowest BCUT2D eigenvalue weighted by Gasteiger charge is -2.12. The van der Waals surface area contributed by atoms with Gasteiger partial charge in [-0.2, -0.15) is 0 Å². The SMILES string of the molecule is Cc1cc(CN(C)Cc2cn(-c3ccc(F)c(Cl)c3)nn2)no1. The molecule has 0 N–H and O–H groups in total. The van der Waals surface area contributed by atoms with Crippen LogP contribution in [0.1, 0.15) is 17.1 Å². The van der Waals surface area contributed by atoms with E-state index in [-0.39, 0.29) is 5.02 Å². The highest BCUT2D eigenvalue weighted by Gasteiger charge is 2.10. The summed E-state index contributed by atoms with van der Waals surface area (Å²) in [4.78, 5) is 2.04. The third-order valence-corrected chi connectivity index (χ3v) is 3.54. The van der Waals surface area contributed by atoms with Crippen LogP contribution in [-0.2, 0) is 13.1 Å². The van der Waals surface area contributed by atoms with Crippen LogP contribution in [0.15, 0.2) is 35.0 Å². The molecule has 3 rings (SSSR count). The number of hydrogen-bond donors (Lipinski definition) is 0. The highest BCUT2D eigenvalue weighted by Crippen LogP contribution is 2.18. The van der Waals surface area contributed by atoms with Crippen LogP contribution in [0.2, 0.25) is 5.02 Å². The Morgan fingerprint density at radius 2 is 2.04 bits per heavy atom. The van der Waals surface area contributed by atoms with E-state index in [9.17, 15) is 4.39 Å². The van der Waals surface area contributed by atoms with Crippen LogP contribution in [0, 0.1) is 12.7 Å². The second-order valence-corrected chi connectivity index (χ2v) is 5.76. The quantitative estimate of drug-likeness (QED) is 0.717. The molecule has 0 saturated carbocycles. The van der Waals surface area contributed by atoms with E-state index in [0.717, 1.165) is 17.1 Å². The predicted molar refractivity (Wildman–Crippen MR) is 82.7 cm³/mol. The van der Waals surface area contributed by atoms with E-state index in [1.807, 2.05) is 24.9 Å². The molecule has 0 aliphatic carbocycles. The number of rotatable bonds is 5. The average molecular weight is 336 g/mol. The van der Waals surface area contributed by atoms with Crippen LogP contribution in [0.25, 0.3) is 5.69 Å². The fourth-order valence-corrected chi connectivity index (χ4v) is 2.40. The molecular weight excluding hydrogens is 321 g/mol. The largest absolute Gasteiger partial charge is 0.361 e. The second-order valence-electron chi connectivity index (χ2n) is 5.35. The molecule has 2 aromatic heterocycles. The number of benzene rings is 1. The van der Waals surface area contributed by atoms with E-state index in [0.29, 0.717) is 18.8 Å². The zero-order valence-corrected chi connectivity index (χ0v) is 13.5. The highest BCUT2D eigenvalue weighted by atomic mass is 35.5. The summed E-state index contributed by atoms with van der Waals surface area (Å²) in [5, 5.41) is 12.2. The number of aryl methyl sites for hydroxylation is 1. The first-order chi connectivity index (χ1) is 11.0. The van der Waals surface area contributed by atoms with Gasteiger partial charge in [0.2, 0.25) is 0 Å². The van der Waals surface area contributed by atoms with Gasteiger partial charge in [-0.05, 0) is 32.2 Å². The van der Waals surface area contributed by atoms with Crippen LogP contribution >= 0.6 is 11.6 Å². The van der Waals surface area contributed by atoms with Crippen LogP contribution < -0.4 is 0 Å². The van der Waals surface area contributed by atoms with E-state index in [4.69, 9.17) is 16.1 Å². The summed E-state index contributed by atoms with van der Waals surface area (Å²) in [7, 11) is 1.96. The van der Waals surface area contributed by atoms with Gasteiger partial charge in [0.15, 0.2) is 0 Å². The third kappa shape index (κ3) is 3.75. The molecular formula is C15H15ClFN5O. The molecule has 1 aromatic carbocycles. The second kappa shape index (κ2) is 6.47. The summed E-state index contributed by atoms with van der Waals surface area (Å²) in [6.07, 6.45) is 1.79. The van der Waals surface area contributed by atoms with Gasteiger partial charge >= 0.3 is 0 Å². The highest BCUT2D eigenvalue weighted by molar-refractivity contribution is 6.30. The molecule has 0 fully saturated rings. The predicted octanol–water partition coefficient (Wildman–Crippen LogP) is 2.99. The zero-order valence-electron chi connectivity index (χ0n) is 12.7. The van der Waals surface area contributed by atoms with Crippen molar-refractivity contribution >= 4 is 11.6 Å². The zero-order chi connectivity index (χ0) is 16.4. The summed E-state index contributed by atoms with van der Waals surface area (Å²) in [5.41, 5.74) is 2.31. The molecule has 3 aromatic rings. The third-order valence-electron chi connectivity index (χ3n) is 3.25. The molecule has 0 amide bonds. The summed E-state index contributed by atoms with van der Waals surface area (Å²) in [6, 6.07) is 6.31. The van der Waals surface area contributed by atoms with Gasteiger partial charge in [-0.3, -0.25) is 4.90 Å². The molecule has 23 heavy (non-hydrogen) atoms. The Morgan fingerprint density at radius 3 is 2.74 bits per heavy atom. The molecule has 0 unspecified atom stereocenters. The van der Waals surface area contributed by atoms with Crippen molar-refractivity contribution in [2.24, 2.45) is 0 Å². The lowest BCUT2D eigenvalue weighted by molar-refractivity contribution is 0.298. The lowest BCUT2D eigenvalue weighted by atomic mass is 10.3. The van der Waals surface area contributed by atoms with Gasteiger partial charge in [-0.15, -0.1) is 5.10 Å². The van der Waals surface area contributed by atoms with Crippen molar-refractivity contribution in [3.05, 3.63) is 58.5 Å². The number of halogens is 2. The van der Waals surface area contributed by atoms with E-state index >= 15 is 0 Å². The van der Waals surface area contributed by atoms with E-state index < -0.39 is 5.82 Å². The molecule has 0 atom stereocenters. The summed E-state index contributed by atoms with van der Waals surface area (Å²) in [6.45, 7) is 3.10. The Bertz CT molecular complexity index is 816. The molecule has 8 heteroatoms. The Labute approximate surface area is 137 Å². The van der Waals surface area contributed by atoms with Crippen LogP contribution in [0.4, 0.5) is 4.39 Å². The van der Waals surface area contributed by atoms with E-state index in [1.54, 1.807) is 16.9 Å². The first-order valence-electron chi connectivity index (χ1n) is 6.98. The van der Waals surface area contributed by atoms with E-state index in [2.05, 4.69) is 15.5 Å². The minimum absolute atomic E-state index is 0.0538. The van der Waals surface area contributed by atoms with Crippen LogP contribution in [0.5, 0.6) is 0 Å². The van der Waals surface area contributed by atoms with Gasteiger partial charge in [0.25, 0.3) is 0 Å². The summed E-state index contributed by atoms with van der Waals surface area (Å²) < 4.78 is 19.8.